The van der Waals surface area contributed by atoms with Crippen molar-refractivity contribution in [1.29, 1.82) is 0 Å². The zero-order chi connectivity index (χ0) is 9.19. The minimum Gasteiger partial charge on any atom is -0.428 e. The van der Waals surface area contributed by atoms with Crippen LogP contribution in [-0.4, -0.2) is 20.2 Å². The van der Waals surface area contributed by atoms with E-state index in [9.17, 15) is 4.80 Å². The number of rotatable bonds is 2. The average molecular weight is 181 g/mol. The summed E-state index contributed by atoms with van der Waals surface area (Å²) in [4.78, 5) is 9.77. The Balaban J connectivity index is 2.93. The third-order valence-electron chi connectivity index (χ3n) is 1.88. The molecule has 1 rings (SSSR count). The summed E-state index contributed by atoms with van der Waals surface area (Å²) in [6, 6.07) is 7.94. The Hall–Kier alpha value is -0.803. The Kier molecular flexibility index (Phi) is 2.54. The quantitative estimate of drug-likeness (QED) is 0.670. The molecule has 0 bridgehead atoms. The lowest BCUT2D eigenvalue weighted by Gasteiger charge is -2.14. The molecule has 0 fully saturated rings. The summed E-state index contributed by atoms with van der Waals surface area (Å²) >= 11 is 0. The molecule has 1 aromatic rings. The van der Waals surface area contributed by atoms with Crippen molar-refractivity contribution < 1.29 is 4.80 Å². The van der Waals surface area contributed by atoms with Crippen LogP contribution in [-0.2, 0) is 0 Å². The van der Waals surface area contributed by atoms with Gasteiger partial charge in [0.15, 0.2) is 0 Å². The molecule has 1 aromatic carbocycles. The molecule has 0 radical (unpaired) electrons. The molecule has 2 N–H and O–H groups in total. The molecular weight excluding hydrogens is 166 g/mol. The maximum absolute atomic E-state index is 9.77. The van der Waals surface area contributed by atoms with Gasteiger partial charge in [-0.15, -0.1) is 0 Å². The highest BCUT2D eigenvalue weighted by molar-refractivity contribution is 6.83. The van der Waals surface area contributed by atoms with E-state index in [1.165, 1.54) is 0 Å². The minimum absolute atomic E-state index is 1.07. The summed E-state index contributed by atoms with van der Waals surface area (Å²) < 4.78 is 0. The van der Waals surface area contributed by atoms with Crippen molar-refractivity contribution in [2.75, 3.05) is 12.4 Å². The number of hydrogen-bond acceptors (Lipinski definition) is 2. The Morgan fingerprint density at radius 2 is 1.67 bits per heavy atom. The van der Waals surface area contributed by atoms with Crippen LogP contribution < -0.4 is 10.5 Å². The van der Waals surface area contributed by atoms with Crippen molar-refractivity contribution in [1.82, 2.24) is 0 Å². The summed E-state index contributed by atoms with van der Waals surface area (Å²) in [5.74, 6) is 0. The van der Waals surface area contributed by atoms with Gasteiger partial charge in [0.05, 0.1) is 0 Å². The lowest BCUT2D eigenvalue weighted by Crippen LogP contribution is -2.41. The van der Waals surface area contributed by atoms with Gasteiger partial charge < -0.3 is 10.1 Å². The fraction of sp³-hybridized carbons (Fsp3) is 0.333. The zero-order valence-corrected chi connectivity index (χ0v) is 8.76. The van der Waals surface area contributed by atoms with E-state index in [0.29, 0.717) is 0 Å². The fourth-order valence-electron chi connectivity index (χ4n) is 1.04. The molecule has 0 saturated heterocycles. The third-order valence-corrected chi connectivity index (χ3v) is 3.63. The Bertz CT molecular complexity index is 250. The predicted octanol–water partition coefficient (Wildman–Crippen LogP) is 1.13. The molecule has 0 spiro atoms. The maximum atomic E-state index is 9.77. The average Bonchev–Trinajstić information content (AvgIpc) is 2.03. The van der Waals surface area contributed by atoms with E-state index in [2.05, 4.69) is 5.32 Å². The van der Waals surface area contributed by atoms with Crippen molar-refractivity contribution in [2.24, 2.45) is 0 Å². The highest BCUT2D eigenvalue weighted by Gasteiger charge is 2.19. The summed E-state index contributed by atoms with van der Waals surface area (Å²) in [5, 5.41) is 4.11. The van der Waals surface area contributed by atoms with Crippen LogP contribution in [0.5, 0.6) is 0 Å². The summed E-state index contributed by atoms with van der Waals surface area (Å²) in [7, 11) is -0.211. The number of benzene rings is 1. The van der Waals surface area contributed by atoms with E-state index in [-0.39, 0.29) is 0 Å². The second kappa shape index (κ2) is 3.29. The predicted molar refractivity (Wildman–Crippen MR) is 55.3 cm³/mol. The van der Waals surface area contributed by atoms with E-state index in [0.717, 1.165) is 10.9 Å². The lowest BCUT2D eigenvalue weighted by molar-refractivity contribution is 0.568. The summed E-state index contributed by atoms with van der Waals surface area (Å²) in [5.41, 5.74) is 1.08. The number of nitrogens with one attached hydrogen (secondary N) is 1. The zero-order valence-electron chi connectivity index (χ0n) is 7.76. The summed E-state index contributed by atoms with van der Waals surface area (Å²) in [6.45, 7) is 3.84. The van der Waals surface area contributed by atoms with E-state index in [4.69, 9.17) is 0 Å². The van der Waals surface area contributed by atoms with Gasteiger partial charge in [-0.25, -0.2) is 0 Å². The number of anilines is 1. The number of hydrogen-bond donors (Lipinski definition) is 2. The lowest BCUT2D eigenvalue weighted by atomic mass is 10.3. The van der Waals surface area contributed by atoms with E-state index in [1.54, 1.807) is 0 Å². The second-order valence-electron chi connectivity index (χ2n) is 3.39. The molecular formula is C9H15NOSi. The van der Waals surface area contributed by atoms with Crippen LogP contribution in [0.2, 0.25) is 13.1 Å². The van der Waals surface area contributed by atoms with E-state index < -0.39 is 8.32 Å². The topological polar surface area (TPSA) is 32.3 Å². The molecule has 0 aliphatic rings. The van der Waals surface area contributed by atoms with Crippen molar-refractivity contribution in [3.8, 4) is 0 Å². The van der Waals surface area contributed by atoms with Gasteiger partial charge in [0.2, 0.25) is 8.32 Å². The van der Waals surface area contributed by atoms with Crippen LogP contribution in [0.25, 0.3) is 0 Å². The Morgan fingerprint density at radius 1 is 1.17 bits per heavy atom. The first-order chi connectivity index (χ1) is 5.54. The van der Waals surface area contributed by atoms with Crippen LogP contribution in [0.3, 0.4) is 0 Å². The summed E-state index contributed by atoms with van der Waals surface area (Å²) in [6.07, 6.45) is 0. The van der Waals surface area contributed by atoms with Gasteiger partial charge in [-0.1, -0.05) is 12.1 Å². The van der Waals surface area contributed by atoms with Gasteiger partial charge in [0.25, 0.3) is 0 Å². The second-order valence-corrected chi connectivity index (χ2v) is 7.08. The van der Waals surface area contributed by atoms with Gasteiger partial charge in [0, 0.05) is 12.7 Å². The standard InChI is InChI=1S/C9H15NOSi/c1-10-8-4-6-9(7-5-8)12(2,3)11/h4-7,10-11H,1-3H3. The maximum Gasteiger partial charge on any atom is 0.213 e. The molecule has 0 atom stereocenters. The van der Waals surface area contributed by atoms with Gasteiger partial charge in [-0.05, 0) is 30.4 Å². The highest BCUT2D eigenvalue weighted by Crippen LogP contribution is 2.05. The fourth-order valence-corrected chi connectivity index (χ4v) is 2.03. The first kappa shape index (κ1) is 9.29. The van der Waals surface area contributed by atoms with Crippen LogP contribution in [0.1, 0.15) is 0 Å². The molecule has 0 aliphatic carbocycles. The molecule has 2 nitrogen and oxygen atoms in total. The van der Waals surface area contributed by atoms with E-state index >= 15 is 0 Å². The molecule has 0 amide bonds. The van der Waals surface area contributed by atoms with Gasteiger partial charge in [-0.3, -0.25) is 0 Å². The van der Waals surface area contributed by atoms with Crippen molar-refractivity contribution in [2.45, 2.75) is 13.1 Å². The molecule has 3 heteroatoms. The van der Waals surface area contributed by atoms with Crippen LogP contribution >= 0.6 is 0 Å². The normalized spacial score (nSPS) is 11.3. The molecule has 0 aromatic heterocycles. The first-order valence-corrected chi connectivity index (χ1v) is 6.99. The largest absolute Gasteiger partial charge is 0.428 e. The monoisotopic (exact) mass is 181 g/mol. The molecule has 0 unspecified atom stereocenters. The smallest absolute Gasteiger partial charge is 0.213 e. The van der Waals surface area contributed by atoms with Crippen molar-refractivity contribution in [3.63, 3.8) is 0 Å². The molecule has 0 saturated carbocycles. The minimum atomic E-state index is -2.10. The van der Waals surface area contributed by atoms with Crippen LogP contribution in [0.15, 0.2) is 24.3 Å². The SMILES string of the molecule is CNc1ccc([Si](C)(C)O)cc1. The van der Waals surface area contributed by atoms with Crippen molar-refractivity contribution >= 4 is 19.2 Å². The molecule has 0 aliphatic heterocycles. The Morgan fingerprint density at radius 3 is 2.00 bits per heavy atom. The van der Waals surface area contributed by atoms with Crippen LogP contribution in [0, 0.1) is 0 Å². The Labute approximate surface area is 74.4 Å². The van der Waals surface area contributed by atoms with E-state index in [1.807, 2.05) is 44.4 Å². The molecule has 0 heterocycles. The van der Waals surface area contributed by atoms with Gasteiger partial charge in [-0.2, -0.15) is 0 Å². The van der Waals surface area contributed by atoms with Crippen molar-refractivity contribution in [3.05, 3.63) is 24.3 Å². The third kappa shape index (κ3) is 2.09. The molecule has 66 valence electrons. The molecule has 12 heavy (non-hydrogen) atoms. The van der Waals surface area contributed by atoms with Gasteiger partial charge in [0.1, 0.15) is 0 Å². The highest BCUT2D eigenvalue weighted by atomic mass is 28.4. The first-order valence-electron chi connectivity index (χ1n) is 4.04. The van der Waals surface area contributed by atoms with Crippen LogP contribution in [0.4, 0.5) is 5.69 Å². The van der Waals surface area contributed by atoms with Gasteiger partial charge >= 0.3 is 0 Å².